The second-order valence-corrected chi connectivity index (χ2v) is 9.61. The molecule has 0 radical (unpaired) electrons. The first-order valence-corrected chi connectivity index (χ1v) is 12.1. The maximum absolute atomic E-state index is 11.6. The number of ether oxygens (including phenoxy) is 2. The quantitative estimate of drug-likeness (QED) is 0.422. The van der Waals surface area contributed by atoms with Gasteiger partial charge < -0.3 is 19.9 Å². The number of nitriles is 1. The van der Waals surface area contributed by atoms with Gasteiger partial charge in [0, 0.05) is 18.5 Å². The smallest absolute Gasteiger partial charge is 0.306 e. The molecule has 6 nitrogen and oxygen atoms in total. The maximum atomic E-state index is 11.6. The Labute approximate surface area is 215 Å². The molecule has 0 unspecified atom stereocenters. The average molecular weight is 501 g/mol. The molecule has 1 atom stereocenters. The molecule has 0 aromatic heterocycles. The number of esters is 1. The van der Waals surface area contributed by atoms with Gasteiger partial charge in [-0.25, -0.2) is 0 Å². The third kappa shape index (κ3) is 8.85. The lowest BCUT2D eigenvalue weighted by atomic mass is 9.93. The first-order chi connectivity index (χ1) is 16.3. The van der Waals surface area contributed by atoms with Gasteiger partial charge >= 0.3 is 5.97 Å². The van der Waals surface area contributed by atoms with Crippen LogP contribution in [0.4, 0.5) is 0 Å². The normalized spacial score (nSPS) is 13.3. The Kier molecular flexibility index (Phi) is 11.0. The molecule has 0 spiro atoms. The molecule has 3 rings (SSSR count). The zero-order chi connectivity index (χ0) is 24.6. The number of hydrogen-bond acceptors (Lipinski definition) is 6. The zero-order valence-corrected chi connectivity index (χ0v) is 21.7. The first-order valence-electron chi connectivity index (χ1n) is 12.1. The lowest BCUT2D eigenvalue weighted by Gasteiger charge is -2.28. The lowest BCUT2D eigenvalue weighted by Crippen LogP contribution is -2.46. The van der Waals surface area contributed by atoms with E-state index < -0.39 is 6.10 Å². The number of nitrogens with one attached hydrogen (secondary N) is 1. The Balaban J connectivity index is 0.00000432. The van der Waals surface area contributed by atoms with Crippen LogP contribution >= 0.6 is 12.4 Å². The van der Waals surface area contributed by atoms with Crippen LogP contribution < -0.4 is 10.1 Å². The van der Waals surface area contributed by atoms with E-state index in [1.807, 2.05) is 6.07 Å². The number of aliphatic hydroxyl groups excluding tert-OH is 1. The van der Waals surface area contributed by atoms with E-state index in [0.717, 1.165) is 12.0 Å². The van der Waals surface area contributed by atoms with Crippen LogP contribution in [0.3, 0.4) is 0 Å². The van der Waals surface area contributed by atoms with Crippen LogP contribution in [0.25, 0.3) is 0 Å². The molecule has 0 saturated heterocycles. The third-order valence-electron chi connectivity index (χ3n) is 6.15. The van der Waals surface area contributed by atoms with Gasteiger partial charge in [0.15, 0.2) is 0 Å². The van der Waals surface area contributed by atoms with E-state index in [1.54, 1.807) is 19.1 Å². The molecule has 0 saturated carbocycles. The van der Waals surface area contributed by atoms with Crippen molar-refractivity contribution in [2.75, 3.05) is 19.8 Å². The van der Waals surface area contributed by atoms with Crippen molar-refractivity contribution >= 4 is 18.4 Å². The highest BCUT2D eigenvalue weighted by Crippen LogP contribution is 2.25. The number of rotatable bonds is 12. The number of aryl methyl sites for hydroxylation is 3. The Bertz CT molecular complexity index is 1030. The van der Waals surface area contributed by atoms with Gasteiger partial charge in [-0.05, 0) is 87.3 Å². The topological polar surface area (TPSA) is 91.6 Å². The molecule has 0 heterocycles. The van der Waals surface area contributed by atoms with E-state index in [4.69, 9.17) is 9.47 Å². The molecular formula is C28H37ClN2O4. The predicted octanol–water partition coefficient (Wildman–Crippen LogP) is 4.32. The summed E-state index contributed by atoms with van der Waals surface area (Å²) in [4.78, 5) is 11.6. The molecule has 0 bridgehead atoms. The minimum Gasteiger partial charge on any atom is -0.489 e. The van der Waals surface area contributed by atoms with Crippen LogP contribution in [0, 0.1) is 11.3 Å². The van der Waals surface area contributed by atoms with E-state index in [9.17, 15) is 15.2 Å². The van der Waals surface area contributed by atoms with Crippen molar-refractivity contribution in [3.05, 3.63) is 64.2 Å². The number of carbonyl (C=O) groups is 1. The fourth-order valence-electron chi connectivity index (χ4n) is 4.36. The molecule has 0 fully saturated rings. The predicted molar refractivity (Wildman–Crippen MR) is 139 cm³/mol. The van der Waals surface area contributed by atoms with Crippen molar-refractivity contribution in [1.82, 2.24) is 5.32 Å². The summed E-state index contributed by atoms with van der Waals surface area (Å²) in [6.45, 7) is 6.85. The molecule has 0 aliphatic heterocycles. The monoisotopic (exact) mass is 500 g/mol. The van der Waals surface area contributed by atoms with Gasteiger partial charge in [0.25, 0.3) is 0 Å². The summed E-state index contributed by atoms with van der Waals surface area (Å²) >= 11 is 0. The van der Waals surface area contributed by atoms with Gasteiger partial charge in [0.1, 0.15) is 24.5 Å². The largest absolute Gasteiger partial charge is 0.489 e. The van der Waals surface area contributed by atoms with E-state index in [1.165, 1.54) is 36.0 Å². The van der Waals surface area contributed by atoms with Crippen LogP contribution in [0.2, 0.25) is 0 Å². The summed E-state index contributed by atoms with van der Waals surface area (Å²) < 4.78 is 10.8. The Morgan fingerprint density at radius 2 is 1.91 bits per heavy atom. The summed E-state index contributed by atoms with van der Waals surface area (Å²) in [7, 11) is 0. The molecule has 2 aromatic rings. The molecule has 35 heavy (non-hydrogen) atoms. The van der Waals surface area contributed by atoms with Gasteiger partial charge in [-0.1, -0.05) is 24.3 Å². The van der Waals surface area contributed by atoms with Gasteiger partial charge in [0.2, 0.25) is 0 Å². The highest BCUT2D eigenvalue weighted by atomic mass is 35.5. The number of benzene rings is 2. The second-order valence-electron chi connectivity index (χ2n) is 9.61. The number of hydrogen-bond donors (Lipinski definition) is 2. The molecule has 2 N–H and O–H groups in total. The highest BCUT2D eigenvalue weighted by molar-refractivity contribution is 5.85. The van der Waals surface area contributed by atoms with E-state index >= 15 is 0 Å². The number of halogens is 1. The molecular weight excluding hydrogens is 464 g/mol. The zero-order valence-electron chi connectivity index (χ0n) is 20.9. The lowest BCUT2D eigenvalue weighted by molar-refractivity contribution is -0.143. The minimum absolute atomic E-state index is 0. The van der Waals surface area contributed by atoms with Crippen molar-refractivity contribution in [3.63, 3.8) is 0 Å². The fourth-order valence-corrected chi connectivity index (χ4v) is 4.36. The SMILES string of the molecule is CCOC(=O)CCc1ccc(C#N)c(OC[C@H](O)CNC(C)(C)Cc2ccc3c(c2)CCC3)c1.Cl. The van der Waals surface area contributed by atoms with E-state index in [0.29, 0.717) is 30.9 Å². The van der Waals surface area contributed by atoms with Gasteiger partial charge in [-0.3, -0.25) is 4.79 Å². The first kappa shape index (κ1) is 28.6. The highest BCUT2D eigenvalue weighted by Gasteiger charge is 2.21. The van der Waals surface area contributed by atoms with Crippen LogP contribution in [0.1, 0.15) is 61.4 Å². The van der Waals surface area contributed by atoms with Crippen molar-refractivity contribution in [1.29, 1.82) is 5.26 Å². The van der Waals surface area contributed by atoms with Crippen LogP contribution in [-0.4, -0.2) is 42.5 Å². The molecule has 190 valence electrons. The van der Waals surface area contributed by atoms with E-state index in [-0.39, 0.29) is 36.9 Å². The number of aliphatic hydroxyl groups is 1. The maximum Gasteiger partial charge on any atom is 0.306 e. The van der Waals surface area contributed by atoms with Crippen molar-refractivity contribution in [2.45, 2.75) is 70.9 Å². The van der Waals surface area contributed by atoms with Crippen LogP contribution in [0.15, 0.2) is 36.4 Å². The molecule has 1 aliphatic rings. The minimum atomic E-state index is -0.728. The van der Waals surface area contributed by atoms with Gasteiger partial charge in [0.05, 0.1) is 12.2 Å². The number of nitrogens with zero attached hydrogens (tertiary/aromatic N) is 1. The summed E-state index contributed by atoms with van der Waals surface area (Å²) in [6.07, 6.45) is 4.51. The van der Waals surface area contributed by atoms with Gasteiger partial charge in [-0.15, -0.1) is 12.4 Å². The van der Waals surface area contributed by atoms with Crippen LogP contribution in [0.5, 0.6) is 5.75 Å². The Morgan fingerprint density at radius 1 is 1.17 bits per heavy atom. The number of carbonyl (C=O) groups excluding carboxylic acids is 1. The van der Waals surface area contributed by atoms with Crippen LogP contribution in [-0.2, 0) is 35.2 Å². The van der Waals surface area contributed by atoms with Crippen molar-refractivity contribution < 1.29 is 19.4 Å². The summed E-state index contributed by atoms with van der Waals surface area (Å²) in [6, 6.07) is 14.2. The molecule has 7 heteroatoms. The Morgan fingerprint density at radius 3 is 2.66 bits per heavy atom. The van der Waals surface area contributed by atoms with E-state index in [2.05, 4.69) is 43.4 Å². The molecule has 1 aliphatic carbocycles. The third-order valence-corrected chi connectivity index (χ3v) is 6.15. The second kappa shape index (κ2) is 13.5. The summed E-state index contributed by atoms with van der Waals surface area (Å²) in [5.74, 6) is 0.165. The average Bonchev–Trinajstić information content (AvgIpc) is 3.28. The fraction of sp³-hybridized carbons (Fsp3) is 0.500. The molecule has 2 aromatic carbocycles. The van der Waals surface area contributed by atoms with Crippen molar-refractivity contribution in [2.24, 2.45) is 0 Å². The van der Waals surface area contributed by atoms with Crippen molar-refractivity contribution in [3.8, 4) is 11.8 Å². The summed E-state index contributed by atoms with van der Waals surface area (Å²) in [5.41, 5.74) is 5.35. The molecule has 0 amide bonds. The number of fused-ring (bicyclic) bond motifs is 1. The summed E-state index contributed by atoms with van der Waals surface area (Å²) in [5, 5.41) is 23.3. The Hall–Kier alpha value is -2.59. The van der Waals surface area contributed by atoms with Gasteiger partial charge in [-0.2, -0.15) is 5.26 Å². The standard InChI is InChI=1S/C28H36N2O4.ClH/c1-4-33-27(32)13-10-20-8-12-24(17-29)26(15-20)34-19-25(31)18-30-28(2,3)16-21-9-11-22-6-5-7-23(22)14-21;/h8-9,11-12,14-15,25,30-31H,4-7,10,13,16,18-19H2,1-3H3;1H/t25-;/m1./s1. The number of β-amino-alcohol motifs (C(OH)–C–C–N with tert-alkyl or cyclic N) is 1.